The number of benzene rings is 3. The minimum atomic E-state index is -0.189. The number of carbonyl (C=O) groups is 2. The molecule has 142 valence electrons. The third-order valence-electron chi connectivity index (χ3n) is 4.14. The highest BCUT2D eigenvalue weighted by atomic mass is 35.5. The summed E-state index contributed by atoms with van der Waals surface area (Å²) >= 11 is 5.91. The average molecular weight is 394 g/mol. The first-order valence-electron chi connectivity index (χ1n) is 8.75. The summed E-state index contributed by atoms with van der Waals surface area (Å²) in [4.78, 5) is 26.2. The van der Waals surface area contributed by atoms with Crippen LogP contribution >= 0.6 is 11.6 Å². The van der Waals surface area contributed by atoms with Crippen molar-refractivity contribution >= 4 is 40.5 Å². The van der Waals surface area contributed by atoms with Crippen LogP contribution in [0.2, 0.25) is 5.02 Å². The molecule has 2 amide bonds. The lowest BCUT2D eigenvalue weighted by molar-refractivity contribution is -0.114. The SMILES string of the molecule is CN(C(=O)c1ccc(NCC(=O)Nc2cccc(Cl)c2)cc1)c1ccccc1. The van der Waals surface area contributed by atoms with Crippen molar-refractivity contribution in [3.05, 3.63) is 89.4 Å². The lowest BCUT2D eigenvalue weighted by Crippen LogP contribution is -2.26. The van der Waals surface area contributed by atoms with Gasteiger partial charge in [0.15, 0.2) is 0 Å². The summed E-state index contributed by atoms with van der Waals surface area (Å²) < 4.78 is 0. The van der Waals surface area contributed by atoms with Gasteiger partial charge in [0.25, 0.3) is 5.91 Å². The van der Waals surface area contributed by atoms with Crippen LogP contribution < -0.4 is 15.5 Å². The molecule has 0 aromatic heterocycles. The topological polar surface area (TPSA) is 61.4 Å². The Bertz CT molecular complexity index is 959. The fourth-order valence-electron chi connectivity index (χ4n) is 2.65. The molecule has 0 unspecified atom stereocenters. The Morgan fingerprint density at radius 2 is 1.61 bits per heavy atom. The van der Waals surface area contributed by atoms with E-state index in [1.54, 1.807) is 60.5 Å². The van der Waals surface area contributed by atoms with Gasteiger partial charge in [-0.05, 0) is 54.6 Å². The Kier molecular flexibility index (Phi) is 6.29. The second-order valence-electron chi connectivity index (χ2n) is 6.19. The Morgan fingerprint density at radius 1 is 0.893 bits per heavy atom. The van der Waals surface area contributed by atoms with Gasteiger partial charge in [-0.2, -0.15) is 0 Å². The van der Waals surface area contributed by atoms with Gasteiger partial charge in [-0.3, -0.25) is 9.59 Å². The lowest BCUT2D eigenvalue weighted by atomic mass is 10.1. The zero-order valence-corrected chi connectivity index (χ0v) is 16.1. The second-order valence-corrected chi connectivity index (χ2v) is 6.63. The molecule has 0 heterocycles. The number of anilines is 3. The van der Waals surface area contributed by atoms with E-state index in [-0.39, 0.29) is 18.4 Å². The first-order valence-corrected chi connectivity index (χ1v) is 9.13. The highest BCUT2D eigenvalue weighted by Crippen LogP contribution is 2.17. The van der Waals surface area contributed by atoms with Gasteiger partial charge >= 0.3 is 0 Å². The van der Waals surface area contributed by atoms with Gasteiger partial charge in [-0.1, -0.05) is 35.9 Å². The van der Waals surface area contributed by atoms with E-state index in [1.807, 2.05) is 30.3 Å². The summed E-state index contributed by atoms with van der Waals surface area (Å²) in [5.41, 5.74) is 2.79. The number of nitrogens with zero attached hydrogens (tertiary/aromatic N) is 1. The van der Waals surface area contributed by atoms with E-state index in [0.29, 0.717) is 16.3 Å². The second kappa shape index (κ2) is 9.06. The van der Waals surface area contributed by atoms with Crippen LogP contribution in [0.1, 0.15) is 10.4 Å². The van der Waals surface area contributed by atoms with Crippen molar-refractivity contribution in [3.8, 4) is 0 Å². The van der Waals surface area contributed by atoms with Crippen LogP contribution in [0.5, 0.6) is 0 Å². The molecule has 5 nitrogen and oxygen atoms in total. The molecule has 0 radical (unpaired) electrons. The van der Waals surface area contributed by atoms with Crippen molar-refractivity contribution in [2.24, 2.45) is 0 Å². The molecule has 0 aliphatic carbocycles. The van der Waals surface area contributed by atoms with E-state index in [0.717, 1.165) is 11.4 Å². The van der Waals surface area contributed by atoms with Crippen LogP contribution in [-0.2, 0) is 4.79 Å². The minimum Gasteiger partial charge on any atom is -0.376 e. The standard InChI is InChI=1S/C22H20ClN3O2/c1-26(20-8-3-2-4-9-20)22(28)16-10-12-18(13-11-16)24-15-21(27)25-19-7-5-6-17(23)14-19/h2-14,24H,15H2,1H3,(H,25,27). The van der Waals surface area contributed by atoms with Crippen molar-refractivity contribution in [2.75, 3.05) is 29.1 Å². The minimum absolute atomic E-state index is 0.101. The number of hydrogen-bond donors (Lipinski definition) is 2. The molecule has 0 atom stereocenters. The number of para-hydroxylation sites is 1. The van der Waals surface area contributed by atoms with E-state index < -0.39 is 0 Å². The number of nitrogens with one attached hydrogen (secondary N) is 2. The summed E-state index contributed by atoms with van der Waals surface area (Å²) in [6, 6.07) is 23.4. The van der Waals surface area contributed by atoms with Gasteiger partial charge in [0.05, 0.1) is 6.54 Å². The summed E-state index contributed by atoms with van der Waals surface area (Å²) in [6.45, 7) is 0.101. The highest BCUT2D eigenvalue weighted by molar-refractivity contribution is 6.30. The zero-order chi connectivity index (χ0) is 19.9. The number of rotatable bonds is 6. The molecule has 0 saturated heterocycles. The largest absolute Gasteiger partial charge is 0.376 e. The van der Waals surface area contributed by atoms with E-state index in [4.69, 9.17) is 11.6 Å². The molecule has 0 aliphatic heterocycles. The summed E-state index contributed by atoms with van der Waals surface area (Å²) in [5, 5.41) is 6.37. The molecule has 6 heteroatoms. The summed E-state index contributed by atoms with van der Waals surface area (Å²) in [7, 11) is 1.74. The molecule has 0 saturated carbocycles. The first kappa shape index (κ1) is 19.5. The highest BCUT2D eigenvalue weighted by Gasteiger charge is 2.13. The normalized spacial score (nSPS) is 10.2. The summed E-state index contributed by atoms with van der Waals surface area (Å²) in [5.74, 6) is -0.289. The number of halogens is 1. The molecule has 0 fully saturated rings. The lowest BCUT2D eigenvalue weighted by Gasteiger charge is -2.17. The number of amides is 2. The Morgan fingerprint density at radius 3 is 2.29 bits per heavy atom. The number of carbonyl (C=O) groups excluding carboxylic acids is 2. The van der Waals surface area contributed by atoms with Crippen molar-refractivity contribution in [2.45, 2.75) is 0 Å². The molecule has 3 rings (SSSR count). The van der Waals surface area contributed by atoms with Gasteiger partial charge in [-0.15, -0.1) is 0 Å². The number of hydrogen-bond acceptors (Lipinski definition) is 3. The maximum absolute atomic E-state index is 12.6. The van der Waals surface area contributed by atoms with Crippen LogP contribution in [0.3, 0.4) is 0 Å². The van der Waals surface area contributed by atoms with Gasteiger partial charge in [0.1, 0.15) is 0 Å². The Hall–Kier alpha value is -3.31. The molecule has 0 aliphatic rings. The Balaban J connectivity index is 1.55. The van der Waals surface area contributed by atoms with Crippen LogP contribution in [0, 0.1) is 0 Å². The predicted molar refractivity (Wildman–Crippen MR) is 114 cm³/mol. The zero-order valence-electron chi connectivity index (χ0n) is 15.4. The molecular weight excluding hydrogens is 374 g/mol. The van der Waals surface area contributed by atoms with E-state index in [1.165, 1.54) is 0 Å². The summed E-state index contributed by atoms with van der Waals surface area (Å²) in [6.07, 6.45) is 0. The maximum atomic E-state index is 12.6. The fourth-order valence-corrected chi connectivity index (χ4v) is 2.84. The quantitative estimate of drug-likeness (QED) is 0.639. The fraction of sp³-hybridized carbons (Fsp3) is 0.0909. The van der Waals surface area contributed by atoms with E-state index in [2.05, 4.69) is 10.6 Å². The van der Waals surface area contributed by atoms with Crippen molar-refractivity contribution < 1.29 is 9.59 Å². The molecule has 2 N–H and O–H groups in total. The van der Waals surface area contributed by atoms with Gasteiger partial charge in [-0.25, -0.2) is 0 Å². The van der Waals surface area contributed by atoms with E-state index >= 15 is 0 Å². The maximum Gasteiger partial charge on any atom is 0.258 e. The molecule has 0 bridgehead atoms. The van der Waals surface area contributed by atoms with Crippen molar-refractivity contribution in [1.82, 2.24) is 0 Å². The smallest absolute Gasteiger partial charge is 0.258 e. The first-order chi connectivity index (χ1) is 13.5. The Labute approximate surface area is 168 Å². The predicted octanol–water partition coefficient (Wildman–Crippen LogP) is 4.67. The van der Waals surface area contributed by atoms with Crippen LogP contribution in [0.4, 0.5) is 17.1 Å². The molecule has 28 heavy (non-hydrogen) atoms. The third kappa shape index (κ3) is 5.11. The molecule has 3 aromatic rings. The molecular formula is C22H20ClN3O2. The van der Waals surface area contributed by atoms with Crippen LogP contribution in [0.25, 0.3) is 0 Å². The average Bonchev–Trinajstić information content (AvgIpc) is 2.72. The van der Waals surface area contributed by atoms with Crippen molar-refractivity contribution in [1.29, 1.82) is 0 Å². The van der Waals surface area contributed by atoms with E-state index in [9.17, 15) is 9.59 Å². The van der Waals surface area contributed by atoms with Crippen molar-refractivity contribution in [3.63, 3.8) is 0 Å². The third-order valence-corrected chi connectivity index (χ3v) is 4.38. The van der Waals surface area contributed by atoms with Gasteiger partial charge in [0, 0.05) is 34.7 Å². The van der Waals surface area contributed by atoms with Gasteiger partial charge in [0.2, 0.25) is 5.91 Å². The molecule has 3 aromatic carbocycles. The monoisotopic (exact) mass is 393 g/mol. The van der Waals surface area contributed by atoms with Gasteiger partial charge < -0.3 is 15.5 Å². The van der Waals surface area contributed by atoms with Crippen LogP contribution in [0.15, 0.2) is 78.9 Å². The molecule has 0 spiro atoms. The van der Waals surface area contributed by atoms with Crippen LogP contribution in [-0.4, -0.2) is 25.4 Å².